The van der Waals surface area contributed by atoms with E-state index in [-0.39, 0.29) is 0 Å². The molecule has 0 radical (unpaired) electrons. The molecule has 0 fully saturated rings. The Kier molecular flexibility index (Phi) is 2.79. The quantitative estimate of drug-likeness (QED) is 0.578. The van der Waals surface area contributed by atoms with E-state index in [0.717, 1.165) is 6.42 Å². The van der Waals surface area contributed by atoms with Gasteiger partial charge in [0.25, 0.3) is 0 Å². The van der Waals surface area contributed by atoms with Crippen molar-refractivity contribution in [1.82, 2.24) is 0 Å². The van der Waals surface area contributed by atoms with Crippen LogP contribution in [0.15, 0.2) is 66.0 Å². The van der Waals surface area contributed by atoms with Crippen LogP contribution in [-0.4, -0.2) is 0 Å². The fraction of sp³-hybridized carbons (Fsp3) is 0.0526. The summed E-state index contributed by atoms with van der Waals surface area (Å²) in [6, 6.07) is 21.6. The van der Waals surface area contributed by atoms with Gasteiger partial charge in [-0.3, -0.25) is 0 Å². The van der Waals surface area contributed by atoms with Gasteiger partial charge in [0.2, 0.25) is 0 Å². The summed E-state index contributed by atoms with van der Waals surface area (Å²) >= 11 is 1.82. The number of benzene rings is 2. The highest BCUT2D eigenvalue weighted by Gasteiger charge is 2.17. The monoisotopic (exact) mass is 274 g/mol. The first-order valence-electron chi connectivity index (χ1n) is 6.83. The molecule has 3 aromatic rings. The van der Waals surface area contributed by atoms with Crippen LogP contribution in [0.25, 0.3) is 22.8 Å². The Morgan fingerprint density at radius 2 is 1.70 bits per heavy atom. The zero-order chi connectivity index (χ0) is 13.4. The van der Waals surface area contributed by atoms with Crippen molar-refractivity contribution < 1.29 is 0 Å². The van der Waals surface area contributed by atoms with Crippen molar-refractivity contribution in [1.29, 1.82) is 0 Å². The largest absolute Gasteiger partial charge is 0.144 e. The highest BCUT2D eigenvalue weighted by Crippen LogP contribution is 2.38. The van der Waals surface area contributed by atoms with Crippen LogP contribution in [0.3, 0.4) is 0 Å². The van der Waals surface area contributed by atoms with Crippen LogP contribution in [-0.2, 0) is 6.42 Å². The van der Waals surface area contributed by atoms with Gasteiger partial charge in [-0.15, -0.1) is 11.3 Å². The average molecular weight is 274 g/mol. The third-order valence-electron chi connectivity index (χ3n) is 3.82. The van der Waals surface area contributed by atoms with Gasteiger partial charge in [-0.25, -0.2) is 0 Å². The van der Waals surface area contributed by atoms with Crippen LogP contribution in [0.2, 0.25) is 0 Å². The van der Waals surface area contributed by atoms with E-state index in [1.165, 1.54) is 32.7 Å². The summed E-state index contributed by atoms with van der Waals surface area (Å²) < 4.78 is 0. The van der Waals surface area contributed by atoms with Crippen LogP contribution >= 0.6 is 11.3 Å². The summed E-state index contributed by atoms with van der Waals surface area (Å²) in [7, 11) is 0. The zero-order valence-electron chi connectivity index (χ0n) is 11.0. The number of fused-ring (bicyclic) bond motifs is 1. The Balaban J connectivity index is 1.84. The fourth-order valence-corrected chi connectivity index (χ4v) is 3.60. The maximum Gasteiger partial charge on any atom is 0.0305 e. The summed E-state index contributed by atoms with van der Waals surface area (Å²) in [6.07, 6.45) is 3.42. The molecule has 0 N–H and O–H groups in total. The lowest BCUT2D eigenvalue weighted by molar-refractivity contribution is 1.33. The third-order valence-corrected chi connectivity index (χ3v) is 4.76. The van der Waals surface area contributed by atoms with Gasteiger partial charge in [0.05, 0.1) is 0 Å². The number of thiophene rings is 1. The first-order chi connectivity index (χ1) is 9.92. The molecule has 1 aromatic heterocycles. The molecule has 0 amide bonds. The van der Waals surface area contributed by atoms with Gasteiger partial charge in [-0.1, -0.05) is 54.6 Å². The first-order valence-corrected chi connectivity index (χ1v) is 7.71. The van der Waals surface area contributed by atoms with E-state index in [2.05, 4.69) is 72.1 Å². The summed E-state index contributed by atoms with van der Waals surface area (Å²) in [5, 5.41) is 2.15. The van der Waals surface area contributed by atoms with E-state index >= 15 is 0 Å². The molecular formula is C19H14S. The third kappa shape index (κ3) is 1.91. The molecule has 0 spiro atoms. The maximum atomic E-state index is 2.36. The molecule has 1 aliphatic carbocycles. The van der Waals surface area contributed by atoms with E-state index < -0.39 is 0 Å². The topological polar surface area (TPSA) is 0 Å². The van der Waals surface area contributed by atoms with Crippen molar-refractivity contribution in [2.45, 2.75) is 6.42 Å². The Hall–Kier alpha value is -2.12. The highest BCUT2D eigenvalue weighted by atomic mass is 32.1. The van der Waals surface area contributed by atoms with E-state index in [1.54, 1.807) is 0 Å². The molecule has 0 saturated heterocycles. The Bertz CT molecular complexity index is 765. The number of allylic oxidation sites excluding steroid dienone is 1. The van der Waals surface area contributed by atoms with Gasteiger partial charge < -0.3 is 0 Å². The molecule has 0 unspecified atom stereocenters. The minimum absolute atomic E-state index is 1.05. The SMILES string of the molecule is C1=C(c2cccs2)Cc2cccc(-c3ccccc3)c21. The molecule has 1 heterocycles. The van der Waals surface area contributed by atoms with Crippen molar-refractivity contribution >= 4 is 23.0 Å². The smallest absolute Gasteiger partial charge is 0.0305 e. The predicted octanol–water partition coefficient (Wildman–Crippen LogP) is 5.51. The maximum absolute atomic E-state index is 2.36. The van der Waals surface area contributed by atoms with E-state index in [4.69, 9.17) is 0 Å². The van der Waals surface area contributed by atoms with Crippen molar-refractivity contribution in [2.75, 3.05) is 0 Å². The molecule has 96 valence electrons. The highest BCUT2D eigenvalue weighted by molar-refractivity contribution is 7.11. The second-order valence-corrected chi connectivity index (χ2v) is 6.02. The molecule has 0 aliphatic heterocycles. The van der Waals surface area contributed by atoms with Gasteiger partial charge in [-0.2, -0.15) is 0 Å². The first kappa shape index (κ1) is 11.7. The van der Waals surface area contributed by atoms with Crippen molar-refractivity contribution in [2.24, 2.45) is 0 Å². The average Bonchev–Trinajstić information content (AvgIpc) is 3.16. The lowest BCUT2D eigenvalue weighted by atomic mass is 9.97. The van der Waals surface area contributed by atoms with Crippen LogP contribution in [0.5, 0.6) is 0 Å². The molecule has 0 atom stereocenters. The standard InChI is InChI=1S/C19H14S/c1-2-6-14(7-3-1)17-9-4-8-15-12-16(13-18(15)17)19-10-5-11-20-19/h1-11,13H,12H2. The molecule has 4 rings (SSSR count). The van der Waals surface area contributed by atoms with Crippen molar-refractivity contribution in [3.05, 3.63) is 82.0 Å². The molecular weight excluding hydrogens is 260 g/mol. The van der Waals surface area contributed by atoms with Crippen LogP contribution < -0.4 is 0 Å². The fourth-order valence-electron chi connectivity index (χ4n) is 2.86. The van der Waals surface area contributed by atoms with E-state index in [9.17, 15) is 0 Å². The second kappa shape index (κ2) is 4.77. The Labute approximate surface area is 123 Å². The van der Waals surface area contributed by atoms with Gasteiger partial charge in [0, 0.05) is 4.88 Å². The van der Waals surface area contributed by atoms with Gasteiger partial charge in [0.1, 0.15) is 0 Å². The van der Waals surface area contributed by atoms with Crippen LogP contribution in [0.4, 0.5) is 0 Å². The summed E-state index contributed by atoms with van der Waals surface area (Å²) in [6.45, 7) is 0. The minimum Gasteiger partial charge on any atom is -0.144 e. The number of hydrogen-bond donors (Lipinski definition) is 0. The van der Waals surface area contributed by atoms with E-state index in [0.29, 0.717) is 0 Å². The predicted molar refractivity (Wildman–Crippen MR) is 87.8 cm³/mol. The van der Waals surface area contributed by atoms with Gasteiger partial charge in [0.15, 0.2) is 0 Å². The summed E-state index contributed by atoms with van der Waals surface area (Å²) in [4.78, 5) is 1.39. The lowest BCUT2D eigenvalue weighted by Crippen LogP contribution is -1.86. The molecule has 1 aliphatic rings. The number of rotatable bonds is 2. The second-order valence-electron chi connectivity index (χ2n) is 5.07. The van der Waals surface area contributed by atoms with Crippen LogP contribution in [0, 0.1) is 0 Å². The summed E-state index contributed by atoms with van der Waals surface area (Å²) in [5.74, 6) is 0. The van der Waals surface area contributed by atoms with Crippen molar-refractivity contribution in [3.63, 3.8) is 0 Å². The molecule has 1 heteroatoms. The molecule has 0 saturated carbocycles. The normalized spacial score (nSPS) is 13.1. The van der Waals surface area contributed by atoms with Crippen molar-refractivity contribution in [3.8, 4) is 11.1 Å². The molecule has 20 heavy (non-hydrogen) atoms. The van der Waals surface area contributed by atoms with E-state index in [1.807, 2.05) is 11.3 Å². The van der Waals surface area contributed by atoms with Gasteiger partial charge in [-0.05, 0) is 51.8 Å². The van der Waals surface area contributed by atoms with Crippen LogP contribution in [0.1, 0.15) is 16.0 Å². The minimum atomic E-state index is 1.05. The molecule has 0 nitrogen and oxygen atoms in total. The molecule has 0 bridgehead atoms. The Morgan fingerprint density at radius 3 is 2.50 bits per heavy atom. The lowest BCUT2D eigenvalue weighted by Gasteiger charge is -2.07. The zero-order valence-corrected chi connectivity index (χ0v) is 11.9. The Morgan fingerprint density at radius 1 is 0.800 bits per heavy atom. The van der Waals surface area contributed by atoms with Gasteiger partial charge >= 0.3 is 0 Å². The number of hydrogen-bond acceptors (Lipinski definition) is 1. The molecule has 2 aromatic carbocycles. The summed E-state index contributed by atoms with van der Waals surface area (Å²) in [5.41, 5.74) is 6.91.